The maximum absolute atomic E-state index is 12.4. The SMILES string of the molecule is COc1ccc([N+](=O)[O-])cc1CSc1nc2ccc(NC(=O)c3ccc(Cl)cc3)cc2s1. The summed E-state index contributed by atoms with van der Waals surface area (Å²) in [6, 6.07) is 16.7. The van der Waals surface area contributed by atoms with Crippen molar-refractivity contribution in [1.82, 2.24) is 4.98 Å². The Balaban J connectivity index is 1.49. The van der Waals surface area contributed by atoms with E-state index in [1.807, 2.05) is 12.1 Å². The lowest BCUT2D eigenvalue weighted by Crippen LogP contribution is -2.11. The smallest absolute Gasteiger partial charge is 0.270 e. The fourth-order valence-electron chi connectivity index (χ4n) is 2.98. The van der Waals surface area contributed by atoms with Gasteiger partial charge in [0, 0.05) is 39.7 Å². The minimum atomic E-state index is -0.425. The Kier molecular flexibility index (Phi) is 6.59. The summed E-state index contributed by atoms with van der Waals surface area (Å²) >= 11 is 8.83. The van der Waals surface area contributed by atoms with E-state index < -0.39 is 4.92 Å². The predicted octanol–water partition coefficient (Wildman–Crippen LogP) is 6.41. The number of fused-ring (bicyclic) bond motifs is 1. The lowest BCUT2D eigenvalue weighted by Gasteiger charge is -2.06. The highest BCUT2D eigenvalue weighted by Crippen LogP contribution is 2.35. The number of anilines is 1. The number of nitrogens with zero attached hydrogens (tertiary/aromatic N) is 2. The molecule has 0 radical (unpaired) electrons. The predicted molar refractivity (Wildman–Crippen MR) is 128 cm³/mol. The lowest BCUT2D eigenvalue weighted by atomic mass is 10.2. The molecule has 1 heterocycles. The van der Waals surface area contributed by atoms with E-state index in [1.54, 1.807) is 36.4 Å². The zero-order valence-corrected chi connectivity index (χ0v) is 19.1. The minimum Gasteiger partial charge on any atom is -0.496 e. The van der Waals surface area contributed by atoms with Crippen LogP contribution < -0.4 is 10.1 Å². The molecule has 0 atom stereocenters. The number of nitro benzene ring substituents is 1. The molecule has 4 rings (SSSR count). The van der Waals surface area contributed by atoms with Crippen molar-refractivity contribution >= 4 is 62.2 Å². The molecule has 1 amide bonds. The summed E-state index contributed by atoms with van der Waals surface area (Å²) in [4.78, 5) is 27.7. The van der Waals surface area contributed by atoms with Gasteiger partial charge in [0.05, 0.1) is 22.2 Å². The standard InChI is InChI=1S/C22H16ClN3O4S2/c1-30-19-9-7-17(26(28)29)10-14(19)12-31-22-25-18-8-6-16(11-20(18)32-22)24-21(27)13-2-4-15(23)5-3-13/h2-11H,12H2,1H3,(H,24,27). The lowest BCUT2D eigenvalue weighted by molar-refractivity contribution is -0.384. The number of amides is 1. The van der Waals surface area contributed by atoms with Crippen LogP contribution in [0.25, 0.3) is 10.2 Å². The third-order valence-electron chi connectivity index (χ3n) is 4.56. The monoisotopic (exact) mass is 485 g/mol. The van der Waals surface area contributed by atoms with Gasteiger partial charge in [-0.15, -0.1) is 11.3 Å². The molecule has 10 heteroatoms. The Labute approximate surface area is 196 Å². The summed E-state index contributed by atoms with van der Waals surface area (Å²) in [5.41, 5.74) is 2.74. The van der Waals surface area contributed by atoms with Crippen molar-refractivity contribution in [3.8, 4) is 5.75 Å². The molecule has 0 unspecified atom stereocenters. The van der Waals surface area contributed by atoms with Gasteiger partial charge in [-0.05, 0) is 48.5 Å². The van der Waals surface area contributed by atoms with Crippen LogP contribution in [0, 0.1) is 10.1 Å². The number of methoxy groups -OCH3 is 1. The highest BCUT2D eigenvalue weighted by molar-refractivity contribution is 8.00. The van der Waals surface area contributed by atoms with Crippen LogP contribution in [-0.4, -0.2) is 22.9 Å². The molecule has 0 aliphatic carbocycles. The van der Waals surface area contributed by atoms with Gasteiger partial charge < -0.3 is 10.1 Å². The van der Waals surface area contributed by atoms with Gasteiger partial charge >= 0.3 is 0 Å². The van der Waals surface area contributed by atoms with Crippen molar-refractivity contribution in [2.45, 2.75) is 10.1 Å². The van der Waals surface area contributed by atoms with Crippen molar-refractivity contribution < 1.29 is 14.5 Å². The van der Waals surface area contributed by atoms with Gasteiger partial charge in [-0.2, -0.15) is 0 Å². The van der Waals surface area contributed by atoms with Crippen LogP contribution in [0.1, 0.15) is 15.9 Å². The summed E-state index contributed by atoms with van der Waals surface area (Å²) in [6.07, 6.45) is 0. The first-order chi connectivity index (χ1) is 15.4. The Bertz CT molecular complexity index is 1310. The van der Waals surface area contributed by atoms with Gasteiger partial charge in [0.1, 0.15) is 5.75 Å². The van der Waals surface area contributed by atoms with Crippen molar-refractivity contribution in [2.24, 2.45) is 0 Å². The molecule has 0 bridgehead atoms. The summed E-state index contributed by atoms with van der Waals surface area (Å²) in [7, 11) is 1.53. The molecule has 0 aliphatic rings. The number of hydrogen-bond donors (Lipinski definition) is 1. The largest absolute Gasteiger partial charge is 0.496 e. The minimum absolute atomic E-state index is 0.0202. The number of carbonyl (C=O) groups excluding carboxylic acids is 1. The normalized spacial score (nSPS) is 10.8. The number of rotatable bonds is 7. The highest BCUT2D eigenvalue weighted by atomic mass is 35.5. The van der Waals surface area contributed by atoms with E-state index in [2.05, 4.69) is 10.3 Å². The number of ether oxygens (including phenoxy) is 1. The zero-order valence-electron chi connectivity index (χ0n) is 16.7. The van der Waals surface area contributed by atoms with Crippen LogP contribution in [0.15, 0.2) is 65.0 Å². The second-order valence-electron chi connectivity index (χ2n) is 6.67. The van der Waals surface area contributed by atoms with E-state index in [4.69, 9.17) is 16.3 Å². The van der Waals surface area contributed by atoms with Crippen LogP contribution in [0.3, 0.4) is 0 Å². The first-order valence-corrected chi connectivity index (χ1v) is 11.5. The molecular formula is C22H16ClN3O4S2. The second-order valence-corrected chi connectivity index (χ2v) is 9.35. The Morgan fingerprint density at radius 3 is 2.69 bits per heavy atom. The van der Waals surface area contributed by atoms with Crippen molar-refractivity contribution in [3.63, 3.8) is 0 Å². The number of hydrogen-bond acceptors (Lipinski definition) is 7. The fraction of sp³-hybridized carbons (Fsp3) is 0.0909. The molecule has 0 fully saturated rings. The first kappa shape index (κ1) is 22.1. The number of non-ortho nitro benzene ring substituents is 1. The summed E-state index contributed by atoms with van der Waals surface area (Å²) < 4.78 is 7.06. The topological polar surface area (TPSA) is 94.4 Å². The average Bonchev–Trinajstić information content (AvgIpc) is 3.20. The number of halogens is 1. The quantitative estimate of drug-likeness (QED) is 0.184. The van der Waals surface area contributed by atoms with Crippen LogP contribution >= 0.6 is 34.7 Å². The zero-order chi connectivity index (χ0) is 22.7. The van der Waals surface area contributed by atoms with Gasteiger partial charge in [0.2, 0.25) is 0 Å². The third kappa shape index (κ3) is 5.01. The molecular weight excluding hydrogens is 470 g/mol. The molecule has 1 N–H and O–H groups in total. The molecule has 4 aromatic rings. The number of thiazole rings is 1. The number of aromatic nitrogens is 1. The van der Waals surface area contributed by atoms with Crippen LogP contribution in [0.4, 0.5) is 11.4 Å². The maximum atomic E-state index is 12.4. The van der Waals surface area contributed by atoms with Gasteiger partial charge in [0.25, 0.3) is 11.6 Å². The van der Waals surface area contributed by atoms with Gasteiger partial charge in [-0.3, -0.25) is 14.9 Å². The molecule has 0 saturated heterocycles. The van der Waals surface area contributed by atoms with Crippen molar-refractivity contribution in [3.05, 3.63) is 86.9 Å². The van der Waals surface area contributed by atoms with Crippen LogP contribution in [-0.2, 0) is 5.75 Å². The number of nitrogens with one attached hydrogen (secondary N) is 1. The Hall–Kier alpha value is -3.14. The Morgan fingerprint density at radius 2 is 1.97 bits per heavy atom. The van der Waals surface area contributed by atoms with Crippen molar-refractivity contribution in [1.29, 1.82) is 0 Å². The number of thioether (sulfide) groups is 1. The summed E-state index contributed by atoms with van der Waals surface area (Å²) in [5, 5.41) is 14.5. The van der Waals surface area contributed by atoms with Gasteiger partial charge in [-0.25, -0.2) is 4.98 Å². The van der Waals surface area contributed by atoms with E-state index in [1.165, 1.54) is 42.3 Å². The first-order valence-electron chi connectivity index (χ1n) is 9.34. The van der Waals surface area contributed by atoms with Crippen LogP contribution in [0.5, 0.6) is 5.75 Å². The van der Waals surface area contributed by atoms with E-state index in [0.29, 0.717) is 27.8 Å². The van der Waals surface area contributed by atoms with Crippen molar-refractivity contribution in [2.75, 3.05) is 12.4 Å². The summed E-state index contributed by atoms with van der Waals surface area (Å²) in [5.74, 6) is 0.847. The molecule has 0 saturated carbocycles. The molecule has 0 aliphatic heterocycles. The molecule has 32 heavy (non-hydrogen) atoms. The molecule has 3 aromatic carbocycles. The molecule has 0 spiro atoms. The number of nitro groups is 1. The second kappa shape index (κ2) is 9.56. The number of carbonyl (C=O) groups is 1. The molecule has 1 aromatic heterocycles. The fourth-order valence-corrected chi connectivity index (χ4v) is 5.19. The molecule has 7 nitrogen and oxygen atoms in total. The average molecular weight is 486 g/mol. The van der Waals surface area contributed by atoms with E-state index >= 15 is 0 Å². The van der Waals surface area contributed by atoms with E-state index in [9.17, 15) is 14.9 Å². The number of benzene rings is 3. The Morgan fingerprint density at radius 1 is 1.19 bits per heavy atom. The third-order valence-corrected chi connectivity index (χ3v) is 7.02. The maximum Gasteiger partial charge on any atom is 0.270 e. The molecule has 162 valence electrons. The van der Waals surface area contributed by atoms with Crippen LogP contribution in [0.2, 0.25) is 5.02 Å². The van der Waals surface area contributed by atoms with Gasteiger partial charge in [0.15, 0.2) is 4.34 Å². The van der Waals surface area contributed by atoms with E-state index in [-0.39, 0.29) is 11.6 Å². The van der Waals surface area contributed by atoms with Gasteiger partial charge in [-0.1, -0.05) is 23.4 Å². The summed E-state index contributed by atoms with van der Waals surface area (Å²) in [6.45, 7) is 0. The highest BCUT2D eigenvalue weighted by Gasteiger charge is 2.14. The van der Waals surface area contributed by atoms with E-state index in [0.717, 1.165) is 20.1 Å².